The number of anilines is 2. The first kappa shape index (κ1) is 12.1. The van der Waals surface area contributed by atoms with Crippen LogP contribution in [0.15, 0.2) is 29.0 Å². The Morgan fingerprint density at radius 2 is 2.21 bits per heavy atom. The van der Waals surface area contributed by atoms with E-state index in [-0.39, 0.29) is 5.91 Å². The van der Waals surface area contributed by atoms with Crippen LogP contribution in [0.2, 0.25) is 0 Å². The molecule has 0 unspecified atom stereocenters. The first-order valence-electron chi connectivity index (χ1n) is 5.64. The van der Waals surface area contributed by atoms with Crippen molar-refractivity contribution >= 4 is 49.6 Å². The molecule has 0 saturated heterocycles. The fraction of sp³-hybridized carbons (Fsp3) is 0.0769. The van der Waals surface area contributed by atoms with E-state index < -0.39 is 0 Å². The molecule has 0 saturated carbocycles. The van der Waals surface area contributed by atoms with E-state index in [1.165, 1.54) is 22.7 Å². The lowest BCUT2D eigenvalue weighted by atomic mass is 10.2. The maximum absolute atomic E-state index is 12.1. The molecule has 0 aliphatic rings. The van der Waals surface area contributed by atoms with E-state index in [1.54, 1.807) is 6.07 Å². The van der Waals surface area contributed by atoms with Gasteiger partial charge in [-0.25, -0.2) is 4.98 Å². The van der Waals surface area contributed by atoms with Crippen molar-refractivity contribution < 1.29 is 4.79 Å². The van der Waals surface area contributed by atoms with Crippen LogP contribution < -0.4 is 11.1 Å². The lowest BCUT2D eigenvalue weighted by Crippen LogP contribution is -2.11. The van der Waals surface area contributed by atoms with Crippen molar-refractivity contribution in [2.45, 2.75) is 6.92 Å². The number of thiazole rings is 1. The Kier molecular flexibility index (Phi) is 2.96. The molecular weight excluding hydrogens is 278 g/mol. The predicted octanol–water partition coefficient (Wildman–Crippen LogP) is 3.50. The maximum atomic E-state index is 12.1. The molecule has 1 aromatic carbocycles. The summed E-state index contributed by atoms with van der Waals surface area (Å²) in [5.41, 5.74) is 8.94. The van der Waals surface area contributed by atoms with Gasteiger partial charge in [-0.05, 0) is 36.1 Å². The summed E-state index contributed by atoms with van der Waals surface area (Å²) in [4.78, 5) is 16.4. The van der Waals surface area contributed by atoms with E-state index in [0.29, 0.717) is 16.4 Å². The largest absolute Gasteiger partial charge is 0.399 e. The zero-order valence-corrected chi connectivity index (χ0v) is 11.8. The highest BCUT2D eigenvalue weighted by Gasteiger charge is 2.12. The molecule has 6 heteroatoms. The van der Waals surface area contributed by atoms with Gasteiger partial charge in [0.15, 0.2) is 5.13 Å². The molecule has 96 valence electrons. The minimum atomic E-state index is -0.120. The van der Waals surface area contributed by atoms with Gasteiger partial charge in [-0.15, -0.1) is 0 Å². The Labute approximate surface area is 117 Å². The average Bonchev–Trinajstić information content (AvgIpc) is 2.94. The van der Waals surface area contributed by atoms with E-state index in [4.69, 9.17) is 5.73 Å². The van der Waals surface area contributed by atoms with Crippen molar-refractivity contribution in [3.05, 3.63) is 40.1 Å². The second-order valence-corrected chi connectivity index (χ2v) is 5.94. The highest BCUT2D eigenvalue weighted by molar-refractivity contribution is 7.22. The van der Waals surface area contributed by atoms with Gasteiger partial charge in [0, 0.05) is 11.1 Å². The summed E-state index contributed by atoms with van der Waals surface area (Å²) >= 11 is 2.94. The lowest BCUT2D eigenvalue weighted by Gasteiger charge is -1.99. The van der Waals surface area contributed by atoms with Crippen molar-refractivity contribution in [1.82, 2.24) is 4.98 Å². The number of hydrogen-bond acceptors (Lipinski definition) is 5. The number of amides is 1. The van der Waals surface area contributed by atoms with E-state index in [0.717, 1.165) is 15.8 Å². The molecular formula is C13H11N3OS2. The van der Waals surface area contributed by atoms with Gasteiger partial charge < -0.3 is 5.73 Å². The van der Waals surface area contributed by atoms with Gasteiger partial charge in [-0.1, -0.05) is 11.3 Å². The number of fused-ring (bicyclic) bond motifs is 1. The number of nitrogens with two attached hydrogens (primary N) is 1. The average molecular weight is 289 g/mol. The van der Waals surface area contributed by atoms with Crippen LogP contribution in [0.4, 0.5) is 10.8 Å². The highest BCUT2D eigenvalue weighted by Crippen LogP contribution is 2.28. The number of nitrogens with zero attached hydrogens (tertiary/aromatic N) is 1. The molecule has 19 heavy (non-hydrogen) atoms. The molecule has 0 aliphatic carbocycles. The zero-order chi connectivity index (χ0) is 13.4. The minimum absolute atomic E-state index is 0.120. The third kappa shape index (κ3) is 2.32. The minimum Gasteiger partial charge on any atom is -0.399 e. The lowest BCUT2D eigenvalue weighted by molar-refractivity contribution is 0.102. The summed E-state index contributed by atoms with van der Waals surface area (Å²) in [5, 5.41) is 7.22. The maximum Gasteiger partial charge on any atom is 0.258 e. The molecule has 0 aliphatic heterocycles. The van der Waals surface area contributed by atoms with Gasteiger partial charge in [0.05, 0.1) is 15.8 Å². The van der Waals surface area contributed by atoms with Gasteiger partial charge >= 0.3 is 0 Å². The van der Waals surface area contributed by atoms with Crippen LogP contribution in [0.1, 0.15) is 15.9 Å². The third-order valence-corrected chi connectivity index (χ3v) is 4.53. The van der Waals surface area contributed by atoms with Gasteiger partial charge in [0.25, 0.3) is 5.91 Å². The van der Waals surface area contributed by atoms with E-state index in [9.17, 15) is 4.79 Å². The SMILES string of the molecule is Cc1cscc1C(=O)Nc1nc2ccc(N)cc2s1. The van der Waals surface area contributed by atoms with Crippen LogP contribution >= 0.6 is 22.7 Å². The van der Waals surface area contributed by atoms with Gasteiger partial charge in [0.1, 0.15) is 0 Å². The molecule has 2 heterocycles. The number of nitrogen functional groups attached to an aromatic ring is 1. The monoisotopic (exact) mass is 289 g/mol. The molecule has 3 rings (SSSR count). The second kappa shape index (κ2) is 4.64. The van der Waals surface area contributed by atoms with Crippen LogP contribution in [0.25, 0.3) is 10.2 Å². The predicted molar refractivity (Wildman–Crippen MR) is 81.0 cm³/mol. The Balaban J connectivity index is 1.89. The molecule has 0 bridgehead atoms. The number of nitrogens with one attached hydrogen (secondary N) is 1. The van der Waals surface area contributed by atoms with E-state index >= 15 is 0 Å². The number of thiophene rings is 1. The molecule has 2 aromatic heterocycles. The van der Waals surface area contributed by atoms with Gasteiger partial charge in [-0.3, -0.25) is 10.1 Å². The zero-order valence-electron chi connectivity index (χ0n) is 10.1. The Morgan fingerprint density at radius 3 is 2.95 bits per heavy atom. The second-order valence-electron chi connectivity index (χ2n) is 4.17. The Bertz CT molecular complexity index is 760. The topological polar surface area (TPSA) is 68.0 Å². The fourth-order valence-corrected chi connectivity index (χ4v) is 3.49. The highest BCUT2D eigenvalue weighted by atomic mass is 32.1. The summed E-state index contributed by atoms with van der Waals surface area (Å²) in [5.74, 6) is -0.120. The standard InChI is InChI=1S/C13H11N3OS2/c1-7-5-18-6-9(7)12(17)16-13-15-10-3-2-8(14)4-11(10)19-13/h2-6H,14H2,1H3,(H,15,16,17). The van der Waals surface area contributed by atoms with Crippen molar-refractivity contribution in [2.75, 3.05) is 11.1 Å². The third-order valence-electron chi connectivity index (χ3n) is 2.73. The Hall–Kier alpha value is -1.92. The fourth-order valence-electron chi connectivity index (χ4n) is 1.75. The molecule has 0 radical (unpaired) electrons. The first-order chi connectivity index (χ1) is 9.13. The molecule has 0 spiro atoms. The smallest absolute Gasteiger partial charge is 0.258 e. The normalized spacial score (nSPS) is 10.8. The summed E-state index contributed by atoms with van der Waals surface area (Å²) in [7, 11) is 0. The Morgan fingerprint density at radius 1 is 1.37 bits per heavy atom. The van der Waals surface area contributed by atoms with Crippen LogP contribution in [-0.4, -0.2) is 10.9 Å². The summed E-state index contributed by atoms with van der Waals surface area (Å²) in [6.45, 7) is 1.92. The van der Waals surface area contributed by atoms with Crippen molar-refractivity contribution in [3.8, 4) is 0 Å². The van der Waals surface area contributed by atoms with Gasteiger partial charge in [0.2, 0.25) is 0 Å². The number of rotatable bonds is 2. The molecule has 0 atom stereocenters. The van der Waals surface area contributed by atoms with E-state index in [1.807, 2.05) is 29.8 Å². The molecule has 1 amide bonds. The van der Waals surface area contributed by atoms with Crippen LogP contribution in [0.3, 0.4) is 0 Å². The molecule has 4 nitrogen and oxygen atoms in total. The van der Waals surface area contributed by atoms with Crippen LogP contribution in [0, 0.1) is 6.92 Å². The molecule has 3 aromatic rings. The van der Waals surface area contributed by atoms with Crippen molar-refractivity contribution in [3.63, 3.8) is 0 Å². The molecule has 3 N–H and O–H groups in total. The summed E-state index contributed by atoms with van der Waals surface area (Å²) in [6, 6.07) is 5.52. The number of benzene rings is 1. The van der Waals surface area contributed by atoms with Crippen molar-refractivity contribution in [1.29, 1.82) is 0 Å². The number of carbonyl (C=O) groups excluding carboxylic acids is 1. The quantitative estimate of drug-likeness (QED) is 0.709. The van der Waals surface area contributed by atoms with E-state index in [2.05, 4.69) is 10.3 Å². The summed E-state index contributed by atoms with van der Waals surface area (Å²) in [6.07, 6.45) is 0. The van der Waals surface area contributed by atoms with Crippen LogP contribution in [0.5, 0.6) is 0 Å². The van der Waals surface area contributed by atoms with Crippen molar-refractivity contribution in [2.24, 2.45) is 0 Å². The number of hydrogen-bond donors (Lipinski definition) is 2. The number of carbonyl (C=O) groups is 1. The van der Waals surface area contributed by atoms with Crippen LogP contribution in [-0.2, 0) is 0 Å². The summed E-state index contributed by atoms with van der Waals surface area (Å²) < 4.78 is 0.970. The molecule has 0 fully saturated rings. The first-order valence-corrected chi connectivity index (χ1v) is 7.39. The number of aromatic nitrogens is 1. The van der Waals surface area contributed by atoms with Gasteiger partial charge in [-0.2, -0.15) is 11.3 Å². The number of aryl methyl sites for hydroxylation is 1.